The number of hydrogen-bond donors (Lipinski definition) is 2. The molecule has 3 heterocycles. The van der Waals surface area contributed by atoms with Crippen molar-refractivity contribution in [2.24, 2.45) is 11.8 Å². The van der Waals surface area contributed by atoms with Gasteiger partial charge in [0.1, 0.15) is 11.8 Å². The molecule has 3 aliphatic rings. The van der Waals surface area contributed by atoms with E-state index >= 15 is 0 Å². The molecule has 0 unspecified atom stereocenters. The molecule has 0 radical (unpaired) electrons. The first-order valence-electron chi connectivity index (χ1n) is 9.48. The van der Waals surface area contributed by atoms with Gasteiger partial charge in [0.15, 0.2) is 0 Å². The lowest BCUT2D eigenvalue weighted by molar-refractivity contribution is -0.730. The number of nitrogens with one attached hydrogen (secondary N) is 1. The lowest BCUT2D eigenvalue weighted by Gasteiger charge is -2.26. The van der Waals surface area contributed by atoms with E-state index in [2.05, 4.69) is 5.32 Å². The Morgan fingerprint density at radius 2 is 1.92 bits per heavy atom. The van der Waals surface area contributed by atoms with E-state index in [1.165, 1.54) is 4.90 Å². The number of amides is 3. The van der Waals surface area contributed by atoms with Crippen molar-refractivity contribution in [2.45, 2.75) is 52.1 Å². The number of likely N-dealkylation sites (tertiary alicyclic amines) is 1. The molecule has 1 aromatic carbocycles. The summed E-state index contributed by atoms with van der Waals surface area (Å²) >= 11 is 0. The van der Waals surface area contributed by atoms with Crippen molar-refractivity contribution in [3.63, 3.8) is 0 Å². The minimum Gasteiger partial charge on any atom is -0.326 e. The van der Waals surface area contributed by atoms with E-state index in [0.717, 1.165) is 35.2 Å². The van der Waals surface area contributed by atoms with Crippen LogP contribution in [-0.2, 0) is 19.9 Å². The van der Waals surface area contributed by atoms with Gasteiger partial charge in [-0.25, -0.2) is 0 Å². The second kappa shape index (κ2) is 5.64. The van der Waals surface area contributed by atoms with Gasteiger partial charge in [0, 0.05) is 12.1 Å². The van der Waals surface area contributed by atoms with E-state index in [-0.39, 0.29) is 23.8 Å². The normalized spacial score (nSPS) is 32.4. The van der Waals surface area contributed by atoms with Gasteiger partial charge in [-0.3, -0.25) is 19.3 Å². The monoisotopic (exact) mass is 356 g/mol. The predicted molar refractivity (Wildman–Crippen MR) is 96.2 cm³/mol. The molecule has 1 aromatic rings. The fraction of sp³-hybridized carbons (Fsp3) is 0.550. The van der Waals surface area contributed by atoms with Crippen molar-refractivity contribution in [3.05, 3.63) is 28.8 Å². The van der Waals surface area contributed by atoms with Gasteiger partial charge in [-0.2, -0.15) is 0 Å². The molecule has 2 fully saturated rings. The van der Waals surface area contributed by atoms with Crippen LogP contribution in [0.3, 0.4) is 0 Å². The molecule has 1 spiro atoms. The van der Waals surface area contributed by atoms with Crippen LogP contribution in [0.5, 0.6) is 0 Å². The van der Waals surface area contributed by atoms with Crippen molar-refractivity contribution in [3.8, 4) is 0 Å². The number of anilines is 1. The van der Waals surface area contributed by atoms with E-state index in [1.54, 1.807) is 0 Å². The SMILES string of the molecule is CCCCN1C(=O)[C@@H]2[C@H](C)[NH2+][C@]3(C(=O)Nc4c3ccc(C)c4C)[C@@H]2C1=O. The number of benzene rings is 1. The molecule has 4 rings (SSSR count). The largest absolute Gasteiger partial charge is 0.326 e. The minimum atomic E-state index is -1.02. The summed E-state index contributed by atoms with van der Waals surface area (Å²) in [5, 5.41) is 4.96. The number of carbonyl (C=O) groups excluding carboxylic acids is 3. The van der Waals surface area contributed by atoms with Crippen LogP contribution < -0.4 is 10.6 Å². The molecule has 0 saturated carbocycles. The number of rotatable bonds is 3. The molecule has 3 aliphatic heterocycles. The smallest absolute Gasteiger partial charge is 0.291 e. The first kappa shape index (κ1) is 17.2. The summed E-state index contributed by atoms with van der Waals surface area (Å²) in [6.45, 7) is 8.43. The zero-order valence-corrected chi connectivity index (χ0v) is 15.8. The van der Waals surface area contributed by atoms with E-state index in [9.17, 15) is 14.4 Å². The summed E-state index contributed by atoms with van der Waals surface area (Å²) in [6, 6.07) is 3.84. The van der Waals surface area contributed by atoms with Crippen LogP contribution in [-0.4, -0.2) is 35.2 Å². The van der Waals surface area contributed by atoms with Crippen molar-refractivity contribution in [1.29, 1.82) is 0 Å². The van der Waals surface area contributed by atoms with Gasteiger partial charge >= 0.3 is 0 Å². The average Bonchev–Trinajstić information content (AvgIpc) is 3.16. The summed E-state index contributed by atoms with van der Waals surface area (Å²) in [6.07, 6.45) is 1.71. The molecule has 138 valence electrons. The molecule has 0 aromatic heterocycles. The molecular weight excluding hydrogens is 330 g/mol. The highest BCUT2D eigenvalue weighted by molar-refractivity contribution is 6.14. The summed E-state index contributed by atoms with van der Waals surface area (Å²) in [4.78, 5) is 40.7. The highest BCUT2D eigenvalue weighted by Gasteiger charge is 2.73. The number of carbonyl (C=O) groups is 3. The third-order valence-corrected chi connectivity index (χ3v) is 6.56. The number of imide groups is 1. The van der Waals surface area contributed by atoms with Gasteiger partial charge in [-0.1, -0.05) is 19.4 Å². The van der Waals surface area contributed by atoms with E-state index in [0.29, 0.717) is 6.54 Å². The zero-order valence-electron chi connectivity index (χ0n) is 15.8. The molecule has 3 amide bonds. The fourth-order valence-corrected chi connectivity index (χ4v) is 5.05. The number of quaternary nitrogens is 1. The van der Waals surface area contributed by atoms with E-state index in [4.69, 9.17) is 0 Å². The van der Waals surface area contributed by atoms with Gasteiger partial charge in [0.25, 0.3) is 5.91 Å². The van der Waals surface area contributed by atoms with Crippen LogP contribution in [0.2, 0.25) is 0 Å². The minimum absolute atomic E-state index is 0.110. The zero-order chi connectivity index (χ0) is 18.8. The molecule has 0 bridgehead atoms. The molecule has 26 heavy (non-hydrogen) atoms. The maximum Gasteiger partial charge on any atom is 0.291 e. The van der Waals surface area contributed by atoms with Gasteiger partial charge in [-0.05, 0) is 44.4 Å². The van der Waals surface area contributed by atoms with Crippen LogP contribution in [0.15, 0.2) is 12.1 Å². The van der Waals surface area contributed by atoms with Crippen LogP contribution in [0.4, 0.5) is 5.69 Å². The number of unbranched alkanes of at least 4 members (excludes halogenated alkanes) is 1. The number of nitrogens with zero attached hydrogens (tertiary/aromatic N) is 1. The topological polar surface area (TPSA) is 83.1 Å². The molecule has 0 aliphatic carbocycles. The molecule has 4 atom stereocenters. The Balaban J connectivity index is 1.85. The first-order valence-corrected chi connectivity index (χ1v) is 9.48. The Kier molecular flexibility index (Phi) is 3.74. The maximum absolute atomic E-state index is 13.2. The van der Waals surface area contributed by atoms with Crippen molar-refractivity contribution in [1.82, 2.24) is 4.90 Å². The van der Waals surface area contributed by atoms with Gasteiger partial charge in [0.2, 0.25) is 17.4 Å². The third-order valence-electron chi connectivity index (χ3n) is 6.56. The Morgan fingerprint density at radius 3 is 2.62 bits per heavy atom. The van der Waals surface area contributed by atoms with Crippen LogP contribution in [0.25, 0.3) is 0 Å². The number of fused-ring (bicyclic) bond motifs is 4. The molecule has 6 nitrogen and oxygen atoms in total. The van der Waals surface area contributed by atoms with E-state index in [1.807, 2.05) is 45.1 Å². The third kappa shape index (κ3) is 1.93. The fourth-order valence-electron chi connectivity index (χ4n) is 5.05. The summed E-state index contributed by atoms with van der Waals surface area (Å²) in [5.41, 5.74) is 2.76. The van der Waals surface area contributed by atoms with Gasteiger partial charge in [-0.15, -0.1) is 0 Å². The predicted octanol–water partition coefficient (Wildman–Crippen LogP) is 0.818. The van der Waals surface area contributed by atoms with Crippen molar-refractivity contribution in [2.75, 3.05) is 11.9 Å². The van der Waals surface area contributed by atoms with Crippen LogP contribution in [0, 0.1) is 25.7 Å². The standard InChI is InChI=1S/C20H25N3O3/c1-5-6-9-23-17(24)14-12(4)22-20(15(14)18(23)25)13-8-7-10(2)11(3)16(13)21-19(20)26/h7-8,12,14-15,22H,5-6,9H2,1-4H3,(H,21,26)/p+1/t12-,14+,15-,20-/m0/s1. The number of aryl methyl sites for hydroxylation is 1. The maximum atomic E-state index is 13.2. The number of hydrogen-bond acceptors (Lipinski definition) is 3. The van der Waals surface area contributed by atoms with Crippen molar-refractivity contribution < 1.29 is 19.7 Å². The Morgan fingerprint density at radius 1 is 1.19 bits per heavy atom. The Labute approximate surface area is 153 Å². The first-order chi connectivity index (χ1) is 12.3. The molecule has 6 heteroatoms. The average molecular weight is 356 g/mol. The number of nitrogens with two attached hydrogens (primary N) is 1. The second-order valence-electron chi connectivity index (χ2n) is 7.96. The Hall–Kier alpha value is -2.21. The van der Waals surface area contributed by atoms with Gasteiger partial charge in [0.05, 0.1) is 11.7 Å². The highest BCUT2D eigenvalue weighted by Crippen LogP contribution is 2.49. The molecule has 3 N–H and O–H groups in total. The van der Waals surface area contributed by atoms with E-state index < -0.39 is 17.4 Å². The second-order valence-corrected chi connectivity index (χ2v) is 7.96. The van der Waals surface area contributed by atoms with Crippen LogP contribution >= 0.6 is 0 Å². The van der Waals surface area contributed by atoms with Crippen molar-refractivity contribution >= 4 is 23.4 Å². The summed E-state index contributed by atoms with van der Waals surface area (Å²) in [7, 11) is 0. The summed E-state index contributed by atoms with van der Waals surface area (Å²) < 4.78 is 0. The lowest BCUT2D eigenvalue weighted by Crippen LogP contribution is -2.98. The van der Waals surface area contributed by atoms with Crippen LogP contribution in [0.1, 0.15) is 43.4 Å². The molecule has 2 saturated heterocycles. The summed E-state index contributed by atoms with van der Waals surface area (Å²) in [5.74, 6) is -1.52. The Bertz CT molecular complexity index is 834. The molecular formula is C20H26N3O3+. The lowest BCUT2D eigenvalue weighted by atomic mass is 9.76. The van der Waals surface area contributed by atoms with Gasteiger partial charge < -0.3 is 10.6 Å². The quantitative estimate of drug-likeness (QED) is 0.787. The highest BCUT2D eigenvalue weighted by atomic mass is 16.2.